The van der Waals surface area contributed by atoms with Crippen LogP contribution in [0.25, 0.3) is 0 Å². The maximum Gasteiger partial charge on any atom is 0.356 e. The number of nitrogens with zero attached hydrogens (tertiary/aromatic N) is 1. The number of carbonyl (C=O) groups excluding carboxylic acids is 2. The smallest absolute Gasteiger partial charge is 0.356 e. The maximum absolute atomic E-state index is 12.2. The van der Waals surface area contributed by atoms with E-state index in [2.05, 4.69) is 10.3 Å². The predicted octanol–water partition coefficient (Wildman–Crippen LogP) is 2.40. The molecule has 22 heavy (non-hydrogen) atoms. The third-order valence-electron chi connectivity index (χ3n) is 2.92. The van der Waals surface area contributed by atoms with Gasteiger partial charge < -0.3 is 15.8 Å². The Balaban J connectivity index is 2.21. The minimum atomic E-state index is -0.563. The third kappa shape index (κ3) is 3.60. The fourth-order valence-corrected chi connectivity index (χ4v) is 1.84. The lowest BCUT2D eigenvalue weighted by Crippen LogP contribution is -2.17. The number of hydrogen-bond donors (Lipinski definition) is 2. The van der Waals surface area contributed by atoms with E-state index in [1.807, 2.05) is 13.0 Å². The second-order valence-electron chi connectivity index (χ2n) is 4.67. The number of pyridine rings is 1. The number of benzene rings is 1. The van der Waals surface area contributed by atoms with Gasteiger partial charge in [0.05, 0.1) is 18.0 Å². The van der Waals surface area contributed by atoms with Crippen LogP contribution in [0.4, 0.5) is 11.4 Å². The molecule has 1 aromatic carbocycles. The van der Waals surface area contributed by atoms with Crippen LogP contribution in [0.3, 0.4) is 0 Å². The first-order valence-corrected chi connectivity index (χ1v) is 6.83. The van der Waals surface area contributed by atoms with Gasteiger partial charge in [-0.15, -0.1) is 0 Å². The Kier molecular flexibility index (Phi) is 4.73. The van der Waals surface area contributed by atoms with Crippen molar-refractivity contribution < 1.29 is 14.3 Å². The van der Waals surface area contributed by atoms with Crippen LogP contribution in [0.2, 0.25) is 0 Å². The van der Waals surface area contributed by atoms with E-state index in [9.17, 15) is 9.59 Å². The van der Waals surface area contributed by atoms with Gasteiger partial charge >= 0.3 is 5.97 Å². The molecule has 2 rings (SSSR count). The quantitative estimate of drug-likeness (QED) is 0.668. The fraction of sp³-hybridized carbons (Fsp3) is 0.188. The molecule has 3 N–H and O–H groups in total. The number of ether oxygens (including phenoxy) is 1. The summed E-state index contributed by atoms with van der Waals surface area (Å²) in [7, 11) is 0. The lowest BCUT2D eigenvalue weighted by molar-refractivity contribution is 0.0519. The molecule has 114 valence electrons. The number of nitrogens with one attached hydrogen (secondary N) is 1. The zero-order valence-electron chi connectivity index (χ0n) is 12.4. The van der Waals surface area contributed by atoms with Crippen molar-refractivity contribution in [3.63, 3.8) is 0 Å². The number of esters is 1. The monoisotopic (exact) mass is 299 g/mol. The highest BCUT2D eigenvalue weighted by Crippen LogP contribution is 2.20. The summed E-state index contributed by atoms with van der Waals surface area (Å²) in [6.07, 6.45) is 0. The Morgan fingerprint density at radius 3 is 2.68 bits per heavy atom. The van der Waals surface area contributed by atoms with Crippen LogP contribution in [-0.2, 0) is 4.74 Å². The van der Waals surface area contributed by atoms with E-state index < -0.39 is 11.9 Å². The van der Waals surface area contributed by atoms with Crippen molar-refractivity contribution >= 4 is 23.3 Å². The van der Waals surface area contributed by atoms with Crippen LogP contribution in [0.15, 0.2) is 36.4 Å². The van der Waals surface area contributed by atoms with E-state index in [0.29, 0.717) is 11.4 Å². The van der Waals surface area contributed by atoms with Crippen molar-refractivity contribution in [2.24, 2.45) is 0 Å². The highest BCUT2D eigenvalue weighted by molar-refractivity contribution is 6.05. The first-order valence-electron chi connectivity index (χ1n) is 6.83. The van der Waals surface area contributed by atoms with Crippen LogP contribution in [0, 0.1) is 6.92 Å². The molecule has 0 aliphatic rings. The summed E-state index contributed by atoms with van der Waals surface area (Å²) in [5, 5.41) is 2.69. The van der Waals surface area contributed by atoms with Crippen molar-refractivity contribution in [2.75, 3.05) is 17.7 Å². The largest absolute Gasteiger partial charge is 0.461 e. The molecular weight excluding hydrogens is 282 g/mol. The molecule has 1 amide bonds. The van der Waals surface area contributed by atoms with Gasteiger partial charge in [-0.05, 0) is 43.7 Å². The molecule has 0 fully saturated rings. The highest BCUT2D eigenvalue weighted by Gasteiger charge is 2.14. The molecule has 2 aromatic rings. The number of carbonyl (C=O) groups is 2. The van der Waals surface area contributed by atoms with Crippen LogP contribution >= 0.6 is 0 Å². The van der Waals surface area contributed by atoms with E-state index >= 15 is 0 Å². The number of aryl methyl sites for hydroxylation is 1. The number of aromatic nitrogens is 1. The molecule has 0 saturated heterocycles. The van der Waals surface area contributed by atoms with Gasteiger partial charge in [-0.2, -0.15) is 0 Å². The summed E-state index contributed by atoms with van der Waals surface area (Å²) in [5.41, 5.74) is 7.97. The zero-order valence-corrected chi connectivity index (χ0v) is 12.4. The molecule has 0 bridgehead atoms. The van der Waals surface area contributed by atoms with Gasteiger partial charge in [-0.3, -0.25) is 4.79 Å². The Morgan fingerprint density at radius 1 is 1.23 bits per heavy atom. The second-order valence-corrected chi connectivity index (χ2v) is 4.67. The molecule has 0 unspecified atom stereocenters. The van der Waals surface area contributed by atoms with E-state index in [-0.39, 0.29) is 18.0 Å². The minimum absolute atomic E-state index is 0.0896. The van der Waals surface area contributed by atoms with Crippen LogP contribution in [0.1, 0.15) is 33.5 Å². The average Bonchev–Trinajstić information content (AvgIpc) is 2.51. The molecular formula is C16H17N3O3. The topological polar surface area (TPSA) is 94.3 Å². The van der Waals surface area contributed by atoms with Gasteiger partial charge in [0.1, 0.15) is 11.4 Å². The summed E-state index contributed by atoms with van der Waals surface area (Å²) in [5.74, 6) is -1.00. The molecule has 1 heterocycles. The molecule has 0 saturated carbocycles. The zero-order chi connectivity index (χ0) is 16.1. The normalized spacial score (nSPS) is 10.1. The Bertz CT molecular complexity index is 714. The third-order valence-corrected chi connectivity index (χ3v) is 2.92. The second kappa shape index (κ2) is 6.71. The van der Waals surface area contributed by atoms with E-state index in [0.717, 1.165) is 5.56 Å². The Labute approximate surface area is 128 Å². The standard InChI is InChI=1S/C16H17N3O3/c1-3-22-16(21)13-6-4-5-12(18-13)15(20)19-14-9-10(2)7-8-11(14)17/h4-9H,3,17H2,1-2H3,(H,19,20). The summed E-state index contributed by atoms with van der Waals surface area (Å²) >= 11 is 0. The lowest BCUT2D eigenvalue weighted by atomic mass is 10.2. The first kappa shape index (κ1) is 15.5. The van der Waals surface area contributed by atoms with Gasteiger partial charge in [0.25, 0.3) is 5.91 Å². The summed E-state index contributed by atoms with van der Waals surface area (Å²) in [6, 6.07) is 9.92. The number of amides is 1. The molecule has 0 aliphatic heterocycles. The maximum atomic E-state index is 12.2. The van der Waals surface area contributed by atoms with E-state index in [1.54, 1.807) is 25.1 Å². The van der Waals surface area contributed by atoms with Gasteiger partial charge in [0.15, 0.2) is 0 Å². The van der Waals surface area contributed by atoms with E-state index in [1.165, 1.54) is 12.1 Å². The van der Waals surface area contributed by atoms with Crippen LogP contribution < -0.4 is 11.1 Å². The number of anilines is 2. The van der Waals surface area contributed by atoms with Gasteiger partial charge in [0, 0.05) is 0 Å². The average molecular weight is 299 g/mol. The van der Waals surface area contributed by atoms with Crippen LogP contribution in [-0.4, -0.2) is 23.5 Å². The van der Waals surface area contributed by atoms with Gasteiger partial charge in [-0.25, -0.2) is 9.78 Å². The SMILES string of the molecule is CCOC(=O)c1cccc(C(=O)Nc2cc(C)ccc2N)n1. The van der Waals surface area contributed by atoms with Gasteiger partial charge in [-0.1, -0.05) is 12.1 Å². The molecule has 0 aliphatic carbocycles. The lowest BCUT2D eigenvalue weighted by Gasteiger charge is -2.09. The van der Waals surface area contributed by atoms with Crippen LogP contribution in [0.5, 0.6) is 0 Å². The minimum Gasteiger partial charge on any atom is -0.461 e. The molecule has 0 atom stereocenters. The molecule has 1 aromatic heterocycles. The van der Waals surface area contributed by atoms with E-state index in [4.69, 9.17) is 10.5 Å². The fourth-order valence-electron chi connectivity index (χ4n) is 1.84. The van der Waals surface area contributed by atoms with Crippen molar-refractivity contribution in [3.8, 4) is 0 Å². The summed E-state index contributed by atoms with van der Waals surface area (Å²) < 4.78 is 4.86. The number of rotatable bonds is 4. The highest BCUT2D eigenvalue weighted by atomic mass is 16.5. The Morgan fingerprint density at radius 2 is 1.95 bits per heavy atom. The van der Waals surface area contributed by atoms with Crippen molar-refractivity contribution in [1.82, 2.24) is 4.98 Å². The van der Waals surface area contributed by atoms with Crippen molar-refractivity contribution in [2.45, 2.75) is 13.8 Å². The van der Waals surface area contributed by atoms with Crippen molar-refractivity contribution in [1.29, 1.82) is 0 Å². The molecule has 0 spiro atoms. The number of nitrogen functional groups attached to an aromatic ring is 1. The van der Waals surface area contributed by atoms with Gasteiger partial charge in [0.2, 0.25) is 0 Å². The summed E-state index contributed by atoms with van der Waals surface area (Å²) in [6.45, 7) is 3.85. The summed E-state index contributed by atoms with van der Waals surface area (Å²) in [4.78, 5) is 27.9. The predicted molar refractivity (Wildman–Crippen MR) is 83.7 cm³/mol. The molecule has 6 heteroatoms. The number of hydrogen-bond acceptors (Lipinski definition) is 5. The van der Waals surface area contributed by atoms with Crippen molar-refractivity contribution in [3.05, 3.63) is 53.3 Å². The Hall–Kier alpha value is -2.89. The first-order chi connectivity index (χ1) is 10.5. The molecule has 0 radical (unpaired) electrons. The molecule has 6 nitrogen and oxygen atoms in total. The number of nitrogens with two attached hydrogens (primary N) is 1.